The molecule has 3 aliphatic heterocycles. The molecule has 0 radical (unpaired) electrons. The lowest BCUT2D eigenvalue weighted by molar-refractivity contribution is -0.207. The Balaban J connectivity index is 1.64. The molecule has 1 saturated carbocycles. The van der Waals surface area contributed by atoms with Gasteiger partial charge >= 0.3 is 5.92 Å². The zero-order valence-corrected chi connectivity index (χ0v) is 20.2. The maximum atomic E-state index is 15.3. The molecule has 2 bridgehead atoms. The first kappa shape index (κ1) is 27.3. The summed E-state index contributed by atoms with van der Waals surface area (Å²) in [4.78, 5) is 51.1. The summed E-state index contributed by atoms with van der Waals surface area (Å²) in [7, 11) is 0. The van der Waals surface area contributed by atoms with Crippen molar-refractivity contribution < 1.29 is 41.1 Å². The van der Waals surface area contributed by atoms with Crippen LogP contribution in [0.25, 0.3) is 0 Å². The summed E-state index contributed by atoms with van der Waals surface area (Å²) in [5.74, 6) is -14.7. The number of piperidine rings is 2. The van der Waals surface area contributed by atoms with Crippen LogP contribution in [-0.4, -0.2) is 65.7 Å². The van der Waals surface area contributed by atoms with Crippen LogP contribution in [-0.2, 0) is 25.1 Å². The number of nitrogens with one attached hydrogen (secondary N) is 2. The van der Waals surface area contributed by atoms with Gasteiger partial charge in [-0.25, -0.2) is 13.2 Å². The molecule has 7 nitrogen and oxygen atoms in total. The Hall–Kier alpha value is -2.76. The molecule has 37 heavy (non-hydrogen) atoms. The number of halogens is 6. The van der Waals surface area contributed by atoms with E-state index in [0.717, 1.165) is 12.1 Å². The van der Waals surface area contributed by atoms with Gasteiger partial charge in [0.2, 0.25) is 11.8 Å². The molecule has 2 N–H and O–H groups in total. The maximum Gasteiger partial charge on any atom is 0.350 e. The number of amides is 3. The summed E-state index contributed by atoms with van der Waals surface area (Å²) < 4.78 is 73.6. The number of Topliss-reactive ketones (excluding diaryl/α,β-unsaturated/α-hetero) is 1. The predicted molar refractivity (Wildman–Crippen MR) is 121 cm³/mol. The van der Waals surface area contributed by atoms with Crippen molar-refractivity contribution in [3.8, 4) is 0 Å². The number of hydrogen-bond donors (Lipinski definition) is 2. The number of nitrogens with zero attached hydrogens (tertiary/aromatic N) is 1. The van der Waals surface area contributed by atoms with Crippen molar-refractivity contribution in [2.24, 2.45) is 11.8 Å². The van der Waals surface area contributed by atoms with Crippen molar-refractivity contribution in [2.75, 3.05) is 13.2 Å². The van der Waals surface area contributed by atoms with Gasteiger partial charge in [0.15, 0.2) is 5.78 Å². The Morgan fingerprint density at radius 2 is 1.95 bits per heavy atom. The third-order valence-corrected chi connectivity index (χ3v) is 7.65. The Morgan fingerprint density at radius 1 is 1.22 bits per heavy atom. The van der Waals surface area contributed by atoms with Crippen molar-refractivity contribution >= 4 is 35.1 Å². The molecule has 1 aromatic rings. The van der Waals surface area contributed by atoms with E-state index in [9.17, 15) is 32.3 Å². The molecule has 0 spiro atoms. The van der Waals surface area contributed by atoms with Gasteiger partial charge in [-0.05, 0) is 37.8 Å². The zero-order chi connectivity index (χ0) is 27.1. The van der Waals surface area contributed by atoms with Crippen molar-refractivity contribution in [2.45, 2.75) is 62.1 Å². The van der Waals surface area contributed by atoms with Crippen molar-refractivity contribution in [1.82, 2.24) is 15.5 Å². The number of alkyl halides is 5. The Labute approximate surface area is 214 Å². The largest absolute Gasteiger partial charge is 0.356 e. The summed E-state index contributed by atoms with van der Waals surface area (Å²) >= 11 is 5.79. The van der Waals surface area contributed by atoms with E-state index in [2.05, 4.69) is 10.6 Å². The van der Waals surface area contributed by atoms with Crippen LogP contribution in [0, 0.1) is 11.8 Å². The van der Waals surface area contributed by atoms with Crippen LogP contribution in [0.1, 0.15) is 37.7 Å². The molecular formula is C24H25ClF5N3O4. The summed E-state index contributed by atoms with van der Waals surface area (Å²) in [5, 5.41) is 4.65. The lowest BCUT2D eigenvalue weighted by Gasteiger charge is -2.54. The SMILES string of the molecule is O=C1NCC[C@@H]1C[C@@H](NC(=O)[C@H]1[C@@H]2CC[C@@H](CC2(F)F)N1C(=O)C(F)(F)c1cccc(Cl)c1)C(=O)CF. The lowest BCUT2D eigenvalue weighted by atomic mass is 9.71. The summed E-state index contributed by atoms with van der Waals surface area (Å²) in [5.41, 5.74) is -0.768. The first-order valence-corrected chi connectivity index (χ1v) is 12.3. The molecule has 13 heteroatoms. The van der Waals surface area contributed by atoms with E-state index >= 15 is 8.78 Å². The molecule has 3 amide bonds. The van der Waals surface area contributed by atoms with E-state index in [1.54, 1.807) is 0 Å². The van der Waals surface area contributed by atoms with Crippen LogP contribution in [0.4, 0.5) is 22.0 Å². The highest BCUT2D eigenvalue weighted by Gasteiger charge is 2.63. The molecule has 5 atom stereocenters. The van der Waals surface area contributed by atoms with E-state index in [4.69, 9.17) is 11.6 Å². The van der Waals surface area contributed by atoms with Crippen LogP contribution in [0.15, 0.2) is 24.3 Å². The van der Waals surface area contributed by atoms with Gasteiger partial charge in [0, 0.05) is 35.5 Å². The van der Waals surface area contributed by atoms with E-state index in [0.29, 0.717) is 17.9 Å². The van der Waals surface area contributed by atoms with E-state index < -0.39 is 84.0 Å². The summed E-state index contributed by atoms with van der Waals surface area (Å²) in [6.07, 6.45) is -1.10. The molecule has 5 rings (SSSR count). The number of carbonyl (C=O) groups excluding carboxylic acids is 4. The van der Waals surface area contributed by atoms with Gasteiger partial charge in [-0.15, -0.1) is 0 Å². The fourth-order valence-corrected chi connectivity index (χ4v) is 5.73. The first-order chi connectivity index (χ1) is 17.4. The molecule has 1 aliphatic carbocycles. The number of benzene rings is 1. The highest BCUT2D eigenvalue weighted by Crippen LogP contribution is 2.50. The van der Waals surface area contributed by atoms with Gasteiger partial charge in [0.1, 0.15) is 12.7 Å². The molecule has 4 aliphatic rings. The van der Waals surface area contributed by atoms with E-state index in [1.807, 2.05) is 0 Å². The van der Waals surface area contributed by atoms with Crippen LogP contribution in [0.2, 0.25) is 5.02 Å². The second-order valence-corrected chi connectivity index (χ2v) is 10.2. The first-order valence-electron chi connectivity index (χ1n) is 11.9. The Bertz CT molecular complexity index is 1100. The quantitative estimate of drug-likeness (QED) is 0.488. The molecule has 3 saturated heterocycles. The van der Waals surface area contributed by atoms with Crippen molar-refractivity contribution in [3.05, 3.63) is 34.9 Å². The topological polar surface area (TPSA) is 95.6 Å². The molecule has 3 heterocycles. The van der Waals surface area contributed by atoms with Crippen LogP contribution >= 0.6 is 11.6 Å². The second kappa shape index (κ2) is 10.2. The predicted octanol–water partition coefficient (Wildman–Crippen LogP) is 3.00. The highest BCUT2D eigenvalue weighted by molar-refractivity contribution is 6.30. The van der Waals surface area contributed by atoms with Crippen molar-refractivity contribution in [3.63, 3.8) is 0 Å². The number of hydrogen-bond acceptors (Lipinski definition) is 4. The van der Waals surface area contributed by atoms with Crippen LogP contribution in [0.3, 0.4) is 0 Å². The Morgan fingerprint density at radius 3 is 2.54 bits per heavy atom. The third-order valence-electron chi connectivity index (χ3n) is 7.41. The van der Waals surface area contributed by atoms with E-state index in [-0.39, 0.29) is 24.3 Å². The normalized spacial score (nSPS) is 27.5. The van der Waals surface area contributed by atoms with Crippen LogP contribution < -0.4 is 10.6 Å². The monoisotopic (exact) mass is 549 g/mol. The van der Waals surface area contributed by atoms with Crippen LogP contribution in [0.5, 0.6) is 0 Å². The summed E-state index contributed by atoms with van der Waals surface area (Å²) in [6, 6.07) is -0.585. The van der Waals surface area contributed by atoms with Gasteiger partial charge in [0.05, 0.1) is 12.0 Å². The smallest absolute Gasteiger partial charge is 0.350 e. The molecule has 0 aromatic heterocycles. The number of carbonyl (C=O) groups is 4. The molecular weight excluding hydrogens is 525 g/mol. The van der Waals surface area contributed by atoms with Gasteiger partial charge in [-0.2, -0.15) is 8.78 Å². The fraction of sp³-hybridized carbons (Fsp3) is 0.583. The standard InChI is InChI=1S/C24H25ClF5N3O4/c25-14-3-1-2-13(9-14)24(29,30)22(37)33-15-4-5-16(23(27,28)10-15)19(33)21(36)32-17(18(34)11-26)8-12-6-7-31-20(12)35/h1-3,9,12,15-17,19H,4-8,10-11H2,(H,31,35)(H,32,36)/t12-,15+,16+,17-,19-/m1/s1. The second-order valence-electron chi connectivity index (χ2n) is 9.72. The average molecular weight is 550 g/mol. The minimum atomic E-state index is -4.19. The van der Waals surface area contributed by atoms with Crippen molar-refractivity contribution in [1.29, 1.82) is 0 Å². The minimum Gasteiger partial charge on any atom is -0.356 e. The number of ketones is 1. The highest BCUT2D eigenvalue weighted by atomic mass is 35.5. The molecule has 0 unspecified atom stereocenters. The van der Waals surface area contributed by atoms with Gasteiger partial charge in [0.25, 0.3) is 11.8 Å². The average Bonchev–Trinajstić information content (AvgIpc) is 3.25. The van der Waals surface area contributed by atoms with E-state index in [1.165, 1.54) is 12.1 Å². The molecule has 1 aromatic carbocycles. The van der Waals surface area contributed by atoms with Gasteiger partial charge in [-0.1, -0.05) is 23.7 Å². The Kier molecular flexibility index (Phi) is 7.51. The minimum absolute atomic E-state index is 0.0174. The summed E-state index contributed by atoms with van der Waals surface area (Å²) in [6.45, 7) is -1.19. The molecule has 4 fully saturated rings. The lowest BCUT2D eigenvalue weighted by Crippen LogP contribution is -2.70. The van der Waals surface area contributed by atoms with Gasteiger partial charge in [-0.3, -0.25) is 19.2 Å². The number of rotatable bonds is 8. The molecule has 202 valence electrons. The maximum absolute atomic E-state index is 15.3. The number of fused-ring (bicyclic) bond motifs is 3. The third kappa shape index (κ3) is 5.17. The zero-order valence-electron chi connectivity index (χ0n) is 19.5. The fourth-order valence-electron chi connectivity index (χ4n) is 5.54. The van der Waals surface area contributed by atoms with Gasteiger partial charge < -0.3 is 15.5 Å².